The van der Waals surface area contributed by atoms with Crippen LogP contribution >= 0.6 is 0 Å². The summed E-state index contributed by atoms with van der Waals surface area (Å²) in [5.74, 6) is 0. The topological polar surface area (TPSA) is 3.24 Å². The molecule has 0 fully saturated rings. The predicted octanol–water partition coefficient (Wildman–Crippen LogP) is 1.76. The van der Waals surface area contributed by atoms with Gasteiger partial charge in [-0.1, -0.05) is 20.8 Å². The summed E-state index contributed by atoms with van der Waals surface area (Å²) in [5, 5.41) is 0. The first-order valence-corrected chi connectivity index (χ1v) is 4.01. The summed E-state index contributed by atoms with van der Waals surface area (Å²) in [6.07, 6.45) is 2.20. The molecule has 3 radical (unpaired) electrons. The maximum atomic E-state index is 3.98. The molecule has 2 unspecified atom stereocenters. The van der Waals surface area contributed by atoms with Crippen LogP contribution in [0.1, 0.15) is 27.7 Å². The van der Waals surface area contributed by atoms with Gasteiger partial charge in [0.1, 0.15) is 0 Å². The zero-order valence-corrected chi connectivity index (χ0v) is 11.5. The molecule has 2 atom stereocenters. The quantitative estimate of drug-likeness (QED) is 0.559. The Hall–Kier alpha value is 0.713. The molecule has 0 heterocycles. The minimum Gasteiger partial charge on any atom is -0.357 e. The van der Waals surface area contributed by atoms with Crippen molar-refractivity contribution in [3.63, 3.8) is 0 Å². The Labute approximate surface area is 94.1 Å². The molecule has 0 aromatic heterocycles. The molecule has 0 aromatic carbocycles. The van der Waals surface area contributed by atoms with E-state index in [1.54, 1.807) is 0 Å². The van der Waals surface area contributed by atoms with Gasteiger partial charge < -0.3 is 18.2 Å². The van der Waals surface area contributed by atoms with Gasteiger partial charge in [0.05, 0.1) is 0 Å². The molecule has 69 valence electrons. The van der Waals surface area contributed by atoms with Crippen LogP contribution in [0.2, 0.25) is 0 Å². The predicted molar refractivity (Wildman–Crippen MR) is 52.4 cm³/mol. The maximum absolute atomic E-state index is 3.98. The zero-order chi connectivity index (χ0) is 8.15. The van der Waals surface area contributed by atoms with E-state index in [2.05, 4.69) is 45.9 Å². The van der Waals surface area contributed by atoms with Gasteiger partial charge >= 0.3 is 21.1 Å². The van der Waals surface area contributed by atoms with Gasteiger partial charge in [0, 0.05) is 8.41 Å². The molecule has 3 heteroatoms. The normalized spacial score (nSPS) is 14.5. The molecule has 12 heavy (non-hydrogen) atoms. The fourth-order valence-electron chi connectivity index (χ4n) is 1.19. The van der Waals surface area contributed by atoms with Crippen LogP contribution < -0.4 is 0 Å². The third-order valence-corrected chi connectivity index (χ3v) is 1.94. The summed E-state index contributed by atoms with van der Waals surface area (Å²) in [6, 6.07) is 0.966. The van der Waals surface area contributed by atoms with E-state index in [-0.39, 0.29) is 29.5 Å². The van der Waals surface area contributed by atoms with Crippen LogP contribution in [0.4, 0.5) is 0 Å². The maximum Gasteiger partial charge on any atom is 2.00 e. The first-order valence-electron chi connectivity index (χ1n) is 4.01. The molecule has 0 N–H and O–H groups in total. The van der Waals surface area contributed by atoms with Crippen molar-refractivity contribution >= 4 is 8.41 Å². The number of rotatable bonds is 4. The Bertz CT molecular complexity index is 88.6. The van der Waals surface area contributed by atoms with Crippen LogP contribution in [-0.2, 0) is 21.1 Å². The van der Waals surface area contributed by atoms with Crippen molar-refractivity contribution in [2.24, 2.45) is 0 Å². The summed E-state index contributed by atoms with van der Waals surface area (Å²) in [5.41, 5.74) is 0. The van der Waals surface area contributed by atoms with Gasteiger partial charge in [0.25, 0.3) is 0 Å². The fraction of sp³-hybridized carbons (Fsp3) is 0.778. The Balaban J connectivity index is -0.000000405. The minimum atomic E-state index is 0. The van der Waals surface area contributed by atoms with E-state index in [1.807, 2.05) is 0 Å². The molecule has 0 saturated heterocycles. The number of hydrogen-bond acceptors (Lipinski definition) is 1. The van der Waals surface area contributed by atoms with Crippen LogP contribution in [-0.4, -0.2) is 31.9 Å². The Kier molecular flexibility index (Phi) is 15.1. The van der Waals surface area contributed by atoms with E-state index in [0.29, 0.717) is 12.1 Å². The van der Waals surface area contributed by atoms with Crippen molar-refractivity contribution in [3.8, 4) is 0 Å². The third-order valence-electron chi connectivity index (χ3n) is 1.94. The molecule has 1 nitrogen and oxygen atoms in total. The Morgan fingerprint density at radius 3 is 1.92 bits per heavy atom. The van der Waals surface area contributed by atoms with Crippen LogP contribution in [0.25, 0.3) is 0 Å². The van der Waals surface area contributed by atoms with E-state index >= 15 is 0 Å². The second-order valence-electron chi connectivity index (χ2n) is 2.75. The first-order chi connectivity index (χ1) is 4.63. The van der Waals surface area contributed by atoms with Crippen molar-refractivity contribution in [1.82, 2.24) is 4.90 Å². The van der Waals surface area contributed by atoms with Crippen LogP contribution in [0, 0.1) is 13.3 Å². The molecule has 0 spiro atoms. The van der Waals surface area contributed by atoms with Crippen LogP contribution in [0.15, 0.2) is 0 Å². The third kappa shape index (κ3) is 6.25. The molecule has 0 saturated carbocycles. The molecular formula is C9H19BNW. The smallest absolute Gasteiger partial charge is 0.357 e. The van der Waals surface area contributed by atoms with E-state index in [1.165, 1.54) is 0 Å². The van der Waals surface area contributed by atoms with Crippen molar-refractivity contribution in [2.45, 2.75) is 39.8 Å². The SMILES string of the molecule is [B].[CH2-]C(C)N(CC)C(C)[CH-]C.[W+2]. The molecule has 0 aromatic rings. The summed E-state index contributed by atoms with van der Waals surface area (Å²) < 4.78 is 0. The van der Waals surface area contributed by atoms with Crippen LogP contribution in [0.3, 0.4) is 0 Å². The average Bonchev–Trinajstić information content (AvgIpc) is 1.88. The second-order valence-corrected chi connectivity index (χ2v) is 2.75. The Morgan fingerprint density at radius 1 is 1.42 bits per heavy atom. The molecule has 0 amide bonds. The van der Waals surface area contributed by atoms with Gasteiger partial charge in [-0.3, -0.25) is 0 Å². The summed E-state index contributed by atoms with van der Waals surface area (Å²) in [4.78, 5) is 2.35. The largest absolute Gasteiger partial charge is 2.00 e. The fourth-order valence-corrected chi connectivity index (χ4v) is 1.19. The van der Waals surface area contributed by atoms with Gasteiger partial charge in [-0.25, -0.2) is 0 Å². The van der Waals surface area contributed by atoms with Gasteiger partial charge in [-0.2, -0.15) is 6.92 Å². The first kappa shape index (κ1) is 18.5. The second kappa shape index (κ2) is 9.80. The van der Waals surface area contributed by atoms with E-state index in [0.717, 1.165) is 6.54 Å². The van der Waals surface area contributed by atoms with Gasteiger partial charge in [0.15, 0.2) is 0 Å². The zero-order valence-electron chi connectivity index (χ0n) is 8.58. The molecule has 0 aliphatic rings. The number of nitrogens with zero attached hydrogens (tertiary/aromatic N) is 1. The molecule has 0 aliphatic carbocycles. The monoisotopic (exact) mass is 336 g/mol. The Morgan fingerprint density at radius 2 is 1.83 bits per heavy atom. The van der Waals surface area contributed by atoms with Crippen molar-refractivity contribution in [1.29, 1.82) is 0 Å². The molecule has 0 bridgehead atoms. The number of hydrogen-bond donors (Lipinski definition) is 0. The van der Waals surface area contributed by atoms with E-state index < -0.39 is 0 Å². The molecule has 0 aliphatic heterocycles. The van der Waals surface area contributed by atoms with Gasteiger partial charge in [-0.05, 0) is 6.54 Å². The van der Waals surface area contributed by atoms with Crippen molar-refractivity contribution < 1.29 is 21.1 Å². The summed E-state index contributed by atoms with van der Waals surface area (Å²) in [6.45, 7) is 13.7. The van der Waals surface area contributed by atoms with Crippen molar-refractivity contribution in [2.75, 3.05) is 6.54 Å². The standard InChI is InChI=1S/C9H19N.B.W/c1-6-9(5)10(7-2)8(3)4;;/h6,8-9H,3,7H2,1-2,4-5H3;;/q-2;;+2. The van der Waals surface area contributed by atoms with Crippen molar-refractivity contribution in [3.05, 3.63) is 13.3 Å². The molecule has 0 rings (SSSR count). The minimum absolute atomic E-state index is 0. The molecular weight excluding hydrogens is 317 g/mol. The summed E-state index contributed by atoms with van der Waals surface area (Å²) >= 11 is 0. The van der Waals surface area contributed by atoms with E-state index in [9.17, 15) is 0 Å². The summed E-state index contributed by atoms with van der Waals surface area (Å²) in [7, 11) is 0. The van der Waals surface area contributed by atoms with Gasteiger partial charge in [0.2, 0.25) is 0 Å². The average molecular weight is 336 g/mol. The van der Waals surface area contributed by atoms with E-state index in [4.69, 9.17) is 0 Å². The van der Waals surface area contributed by atoms with Crippen LogP contribution in [0.5, 0.6) is 0 Å². The van der Waals surface area contributed by atoms with Gasteiger partial charge in [-0.15, -0.1) is 12.1 Å².